The smallest absolute Gasteiger partial charge is 0.161 e. The van der Waals surface area contributed by atoms with Crippen molar-refractivity contribution in [1.82, 2.24) is 25.3 Å². The Balaban J connectivity index is 0.000000203. The molecule has 362 valence electrons. The van der Waals surface area contributed by atoms with Gasteiger partial charge in [-0.2, -0.15) is 0 Å². The summed E-state index contributed by atoms with van der Waals surface area (Å²) in [5.74, 6) is 2.20. The molecule has 7 nitrogen and oxygen atoms in total. The zero-order valence-corrected chi connectivity index (χ0v) is 43.4. The molecule has 2 aliphatic heterocycles. The van der Waals surface area contributed by atoms with E-state index in [0.717, 1.165) is 111 Å². The van der Waals surface area contributed by atoms with E-state index in [1.54, 1.807) is 13.2 Å². The SMILES string of the molecule is C/C=C(/c1ccc(C2CCC2)cc1)c1cc(CN2CCN(Cc3c(Cl)cccc3Cl)CC2)ccc1C.C=C(NCCCC)C1CN(Cc2ccc(OC)c(OCc3ccc(Cl)c(Cl)c3)c2)CCN1. The molecule has 2 heterocycles. The Labute approximate surface area is 426 Å². The largest absolute Gasteiger partial charge is 0.493 e. The van der Waals surface area contributed by atoms with Crippen molar-refractivity contribution in [1.29, 1.82) is 0 Å². The minimum Gasteiger partial charge on any atom is -0.493 e. The number of ether oxygens (including phenoxy) is 2. The third-order valence-electron chi connectivity index (χ3n) is 13.6. The summed E-state index contributed by atoms with van der Waals surface area (Å²) in [6.07, 6.45) is 8.67. The number of nitrogens with one attached hydrogen (secondary N) is 2. The van der Waals surface area contributed by atoms with Gasteiger partial charge in [0.05, 0.1) is 23.2 Å². The second kappa shape index (κ2) is 25.7. The van der Waals surface area contributed by atoms with Crippen LogP contribution < -0.4 is 20.1 Å². The number of hydrogen-bond donors (Lipinski definition) is 2. The minimum atomic E-state index is 0.254. The predicted molar refractivity (Wildman–Crippen MR) is 287 cm³/mol. The molecule has 0 radical (unpaired) electrons. The van der Waals surface area contributed by atoms with Gasteiger partial charge in [-0.05, 0) is 126 Å². The summed E-state index contributed by atoms with van der Waals surface area (Å²) in [7, 11) is 1.65. The van der Waals surface area contributed by atoms with E-state index in [-0.39, 0.29) is 6.04 Å². The fourth-order valence-corrected chi connectivity index (χ4v) is 10.0. The number of piperazine rings is 2. The highest BCUT2D eigenvalue weighted by atomic mass is 35.5. The Kier molecular flexibility index (Phi) is 19.6. The van der Waals surface area contributed by atoms with E-state index < -0.39 is 0 Å². The predicted octanol–water partition coefficient (Wildman–Crippen LogP) is 13.6. The van der Waals surface area contributed by atoms with E-state index in [4.69, 9.17) is 55.9 Å². The number of halogens is 4. The Morgan fingerprint density at radius 1 is 0.750 bits per heavy atom. The van der Waals surface area contributed by atoms with E-state index in [1.165, 1.54) is 64.6 Å². The molecule has 5 aromatic rings. The van der Waals surface area contributed by atoms with Gasteiger partial charge in [0.25, 0.3) is 0 Å². The normalized spacial score (nSPS) is 17.2. The van der Waals surface area contributed by atoms with E-state index in [2.05, 4.69) is 113 Å². The van der Waals surface area contributed by atoms with E-state index in [0.29, 0.717) is 28.2 Å². The molecule has 0 aromatic heterocycles. The molecular weight excluding hydrogens is 928 g/mol. The summed E-state index contributed by atoms with van der Waals surface area (Å²) in [4.78, 5) is 7.45. The lowest BCUT2D eigenvalue weighted by Gasteiger charge is -2.35. The van der Waals surface area contributed by atoms with Gasteiger partial charge in [-0.3, -0.25) is 14.7 Å². The number of nitrogens with zero attached hydrogens (tertiary/aromatic N) is 3. The van der Waals surface area contributed by atoms with E-state index in [1.807, 2.05) is 36.4 Å². The molecule has 11 heteroatoms. The number of unbranched alkanes of at least 4 members (excludes halogenated alkanes) is 1. The molecule has 1 saturated carbocycles. The van der Waals surface area contributed by atoms with Crippen LogP contribution in [0.15, 0.2) is 115 Å². The quantitative estimate of drug-likeness (QED) is 0.0848. The summed E-state index contributed by atoms with van der Waals surface area (Å²) in [5.41, 5.74) is 12.4. The lowest BCUT2D eigenvalue weighted by Crippen LogP contribution is -2.52. The van der Waals surface area contributed by atoms with Crippen LogP contribution in [0.1, 0.15) is 96.4 Å². The molecule has 0 amide bonds. The van der Waals surface area contributed by atoms with Gasteiger partial charge in [0, 0.05) is 93.3 Å². The molecule has 0 spiro atoms. The maximum Gasteiger partial charge on any atom is 0.161 e. The van der Waals surface area contributed by atoms with Gasteiger partial charge in [0.1, 0.15) is 6.61 Å². The molecule has 1 atom stereocenters. The Morgan fingerprint density at radius 2 is 1.43 bits per heavy atom. The average molecular weight is 998 g/mol. The Hall–Kier alpha value is -4.02. The molecule has 3 aliphatic rings. The third kappa shape index (κ3) is 14.3. The van der Waals surface area contributed by atoms with Gasteiger partial charge in [-0.15, -0.1) is 0 Å². The van der Waals surface area contributed by atoms with Crippen LogP contribution in [0.3, 0.4) is 0 Å². The topological polar surface area (TPSA) is 52.2 Å². The molecule has 2 saturated heterocycles. The number of hydrogen-bond acceptors (Lipinski definition) is 7. The number of methoxy groups -OCH3 is 1. The van der Waals surface area contributed by atoms with Crippen molar-refractivity contribution in [3.63, 3.8) is 0 Å². The highest BCUT2D eigenvalue weighted by molar-refractivity contribution is 6.42. The van der Waals surface area contributed by atoms with Gasteiger partial charge in [0.15, 0.2) is 11.5 Å². The molecule has 1 unspecified atom stereocenters. The number of benzene rings is 5. The van der Waals surface area contributed by atoms with Crippen molar-refractivity contribution in [2.45, 2.75) is 91.1 Å². The highest BCUT2D eigenvalue weighted by Gasteiger charge is 2.24. The van der Waals surface area contributed by atoms with E-state index >= 15 is 0 Å². The molecule has 68 heavy (non-hydrogen) atoms. The first-order chi connectivity index (χ1) is 33.0. The summed E-state index contributed by atoms with van der Waals surface area (Å²) in [6, 6.07) is 33.9. The first-order valence-corrected chi connectivity index (χ1v) is 25.9. The molecule has 1 aliphatic carbocycles. The molecule has 8 rings (SSSR count). The Bertz CT molecular complexity index is 2450. The molecule has 3 fully saturated rings. The van der Waals surface area contributed by atoms with Crippen molar-refractivity contribution in [3.8, 4) is 11.5 Å². The number of aryl methyl sites for hydroxylation is 1. The first-order valence-electron chi connectivity index (χ1n) is 24.4. The second-order valence-electron chi connectivity index (χ2n) is 18.4. The van der Waals surface area contributed by atoms with Gasteiger partial charge < -0.3 is 20.1 Å². The molecule has 5 aromatic carbocycles. The van der Waals surface area contributed by atoms with Gasteiger partial charge in [-0.1, -0.05) is 133 Å². The highest BCUT2D eigenvalue weighted by Crippen LogP contribution is 2.38. The fraction of sp³-hybridized carbons (Fsp3) is 0.404. The zero-order valence-electron chi connectivity index (χ0n) is 40.4. The minimum absolute atomic E-state index is 0.254. The number of rotatable bonds is 18. The Morgan fingerprint density at radius 3 is 2.09 bits per heavy atom. The monoisotopic (exact) mass is 995 g/mol. The van der Waals surface area contributed by atoms with Crippen LogP contribution in [0.25, 0.3) is 5.57 Å². The maximum absolute atomic E-state index is 6.40. The van der Waals surface area contributed by atoms with Crippen LogP contribution >= 0.6 is 46.4 Å². The maximum atomic E-state index is 6.40. The molecular formula is C57H69Cl4N5O2. The number of allylic oxidation sites excluding steroid dienone is 1. The molecule has 0 bridgehead atoms. The van der Waals surface area contributed by atoms with Gasteiger partial charge >= 0.3 is 0 Å². The third-order valence-corrected chi connectivity index (χ3v) is 15.0. The van der Waals surface area contributed by atoms with Crippen LogP contribution in [-0.2, 0) is 26.2 Å². The zero-order chi connectivity index (χ0) is 48.0. The second-order valence-corrected chi connectivity index (χ2v) is 20.1. The summed E-state index contributed by atoms with van der Waals surface area (Å²) in [5, 5.41) is 9.61. The van der Waals surface area contributed by atoms with Crippen LogP contribution in [0.4, 0.5) is 0 Å². The van der Waals surface area contributed by atoms with Crippen LogP contribution in [0.5, 0.6) is 11.5 Å². The average Bonchev–Trinajstić information content (AvgIpc) is 3.33. The van der Waals surface area contributed by atoms with E-state index in [9.17, 15) is 0 Å². The standard InChI is InChI=1S/C32H36Cl2N2.C25H33Cl2N3O2/c1-3-28(27-14-12-26(13-15-27)25-6-4-7-25)29-20-24(11-10-23(29)2)21-35-16-18-36(19-17-35)22-30-31(33)8-5-9-32(30)34;1-4-5-10-28-18(2)23-16-30(12-11-29-23)15-19-7-9-24(31-3)25(14-19)32-17-20-6-8-21(26)22(27)13-20/h3,5,8-15,20,25H,4,6-7,16-19,21-22H2,1-2H3;6-9,13-14,23,28-29H,2,4-5,10-12,15-17H2,1,3H3/b28-3-;. The van der Waals surface area contributed by atoms with Crippen molar-refractivity contribution in [2.75, 3.05) is 59.5 Å². The lowest BCUT2D eigenvalue weighted by molar-refractivity contribution is 0.122. The van der Waals surface area contributed by atoms with Crippen molar-refractivity contribution in [3.05, 3.63) is 180 Å². The van der Waals surface area contributed by atoms with Crippen molar-refractivity contribution in [2.24, 2.45) is 0 Å². The summed E-state index contributed by atoms with van der Waals surface area (Å²) in [6.45, 7) is 21.8. The first kappa shape index (κ1) is 51.8. The van der Waals surface area contributed by atoms with Crippen LogP contribution in [0.2, 0.25) is 20.1 Å². The van der Waals surface area contributed by atoms with Crippen molar-refractivity contribution >= 4 is 52.0 Å². The summed E-state index contributed by atoms with van der Waals surface area (Å²) >= 11 is 24.9. The lowest BCUT2D eigenvalue weighted by atomic mass is 9.79. The molecule has 2 N–H and O–H groups in total. The van der Waals surface area contributed by atoms with Gasteiger partial charge in [-0.25, -0.2) is 0 Å². The van der Waals surface area contributed by atoms with Crippen LogP contribution in [-0.4, -0.2) is 80.2 Å². The summed E-state index contributed by atoms with van der Waals surface area (Å²) < 4.78 is 11.6. The van der Waals surface area contributed by atoms with Crippen LogP contribution in [0, 0.1) is 6.92 Å². The fourth-order valence-electron chi connectivity index (χ4n) is 9.20. The van der Waals surface area contributed by atoms with Crippen molar-refractivity contribution < 1.29 is 9.47 Å². The van der Waals surface area contributed by atoms with Gasteiger partial charge in [0.2, 0.25) is 0 Å².